The zero-order chi connectivity index (χ0) is 19.2. The van der Waals surface area contributed by atoms with Crippen LogP contribution in [-0.2, 0) is 19.6 Å². The molecule has 0 saturated carbocycles. The Balaban J connectivity index is 1.85. The highest BCUT2D eigenvalue weighted by molar-refractivity contribution is 7.89. The molecule has 140 valence electrons. The Labute approximate surface area is 152 Å². The Bertz CT molecular complexity index is 895. The summed E-state index contributed by atoms with van der Waals surface area (Å²) >= 11 is 0. The maximum Gasteiger partial charge on any atom is 0.303 e. The molecule has 0 aliphatic rings. The van der Waals surface area contributed by atoms with Crippen LogP contribution in [0.4, 0.5) is 0 Å². The molecule has 0 aliphatic heterocycles. The Morgan fingerprint density at radius 2 is 1.81 bits per heavy atom. The lowest BCUT2D eigenvalue weighted by atomic mass is 10.1. The number of amides is 1. The molecule has 0 radical (unpaired) electrons. The zero-order valence-electron chi connectivity index (χ0n) is 14.4. The monoisotopic (exact) mass is 378 g/mol. The normalized spacial score (nSPS) is 12.7. The minimum Gasteiger partial charge on any atom is -0.481 e. The van der Waals surface area contributed by atoms with Gasteiger partial charge in [-0.25, -0.2) is 13.1 Å². The van der Waals surface area contributed by atoms with Crippen LogP contribution in [0.15, 0.2) is 47.4 Å². The predicted octanol–water partition coefficient (Wildman–Crippen LogP) is 1.74. The standard InChI is InChI=1S/C18H22N2O5S/c1-13(10-18(22)23)12-19-17(21)8-9-20-26(24,25)16-7-6-14-4-2-3-5-15(14)11-16/h2-7,11,13,20H,8-10,12H2,1H3,(H,19,21)(H,22,23). The summed E-state index contributed by atoms with van der Waals surface area (Å²) in [4.78, 5) is 22.4. The minimum atomic E-state index is -3.70. The van der Waals surface area contributed by atoms with Gasteiger partial charge in [0.2, 0.25) is 15.9 Å². The van der Waals surface area contributed by atoms with Crippen LogP contribution in [0.1, 0.15) is 19.8 Å². The van der Waals surface area contributed by atoms with Gasteiger partial charge in [-0.2, -0.15) is 0 Å². The van der Waals surface area contributed by atoms with Gasteiger partial charge in [0.05, 0.1) is 4.90 Å². The maximum absolute atomic E-state index is 12.3. The molecule has 3 N–H and O–H groups in total. The molecule has 0 aliphatic carbocycles. The van der Waals surface area contributed by atoms with Crippen molar-refractivity contribution in [2.75, 3.05) is 13.1 Å². The summed E-state index contributed by atoms with van der Waals surface area (Å²) in [6, 6.07) is 12.3. The van der Waals surface area contributed by atoms with Crippen LogP contribution in [-0.4, -0.2) is 38.5 Å². The molecule has 1 atom stereocenters. The zero-order valence-corrected chi connectivity index (χ0v) is 15.3. The van der Waals surface area contributed by atoms with E-state index in [0.717, 1.165) is 10.8 Å². The molecule has 0 saturated heterocycles. The number of aliphatic carboxylic acids is 1. The van der Waals surface area contributed by atoms with E-state index in [-0.39, 0.29) is 42.7 Å². The smallest absolute Gasteiger partial charge is 0.303 e. The number of carboxylic acids is 1. The summed E-state index contributed by atoms with van der Waals surface area (Å²) < 4.78 is 27.1. The number of hydrogen-bond donors (Lipinski definition) is 3. The van der Waals surface area contributed by atoms with Gasteiger partial charge in [-0.15, -0.1) is 0 Å². The summed E-state index contributed by atoms with van der Waals surface area (Å²) in [7, 11) is -3.70. The lowest BCUT2D eigenvalue weighted by Crippen LogP contribution is -2.33. The number of carbonyl (C=O) groups excluding carboxylic acids is 1. The first-order valence-electron chi connectivity index (χ1n) is 8.25. The Morgan fingerprint density at radius 3 is 2.50 bits per heavy atom. The van der Waals surface area contributed by atoms with E-state index in [2.05, 4.69) is 10.0 Å². The van der Waals surface area contributed by atoms with Gasteiger partial charge in [0.15, 0.2) is 0 Å². The van der Waals surface area contributed by atoms with E-state index in [1.165, 1.54) is 6.07 Å². The number of benzene rings is 2. The minimum absolute atomic E-state index is 0.0212. The molecule has 8 heteroatoms. The highest BCUT2D eigenvalue weighted by atomic mass is 32.2. The van der Waals surface area contributed by atoms with Gasteiger partial charge >= 0.3 is 5.97 Å². The van der Waals surface area contributed by atoms with Crippen LogP contribution in [0.2, 0.25) is 0 Å². The third kappa shape index (κ3) is 5.82. The number of hydrogen-bond acceptors (Lipinski definition) is 4. The first-order chi connectivity index (χ1) is 12.3. The molecule has 0 bridgehead atoms. The quantitative estimate of drug-likeness (QED) is 0.615. The van der Waals surface area contributed by atoms with Crippen molar-refractivity contribution in [1.29, 1.82) is 0 Å². The van der Waals surface area contributed by atoms with Crippen molar-refractivity contribution < 1.29 is 23.1 Å². The summed E-state index contributed by atoms with van der Waals surface area (Å²) in [6.45, 7) is 1.92. The first-order valence-corrected chi connectivity index (χ1v) is 9.73. The van der Waals surface area contributed by atoms with E-state index in [1.54, 1.807) is 19.1 Å². The summed E-state index contributed by atoms with van der Waals surface area (Å²) in [5.74, 6) is -1.44. The molecule has 0 spiro atoms. The van der Waals surface area contributed by atoms with Gasteiger partial charge in [0.1, 0.15) is 0 Å². The van der Waals surface area contributed by atoms with Crippen molar-refractivity contribution in [3.05, 3.63) is 42.5 Å². The summed E-state index contributed by atoms with van der Waals surface area (Å²) in [6.07, 6.45) is -0.0541. The Morgan fingerprint density at radius 1 is 1.12 bits per heavy atom. The molecule has 2 rings (SSSR count). The molecular formula is C18H22N2O5S. The van der Waals surface area contributed by atoms with Crippen LogP contribution >= 0.6 is 0 Å². The molecule has 0 fully saturated rings. The Kier molecular flexibility index (Phi) is 6.70. The van der Waals surface area contributed by atoms with Crippen LogP contribution < -0.4 is 10.0 Å². The maximum atomic E-state index is 12.3. The second kappa shape index (κ2) is 8.77. The molecule has 1 amide bonds. The van der Waals surface area contributed by atoms with E-state index in [4.69, 9.17) is 5.11 Å². The number of nitrogens with one attached hydrogen (secondary N) is 2. The molecule has 0 heterocycles. The van der Waals surface area contributed by atoms with Gasteiger partial charge in [0, 0.05) is 25.9 Å². The van der Waals surface area contributed by atoms with E-state index < -0.39 is 16.0 Å². The fourth-order valence-electron chi connectivity index (χ4n) is 2.46. The van der Waals surface area contributed by atoms with Crippen molar-refractivity contribution in [2.45, 2.75) is 24.7 Å². The fourth-order valence-corrected chi connectivity index (χ4v) is 3.53. The fraction of sp³-hybridized carbons (Fsp3) is 0.333. The number of carboxylic acid groups (broad SMARTS) is 1. The number of sulfonamides is 1. The topological polar surface area (TPSA) is 113 Å². The van der Waals surface area contributed by atoms with Crippen LogP contribution in [0.3, 0.4) is 0 Å². The van der Waals surface area contributed by atoms with Crippen LogP contribution in [0.25, 0.3) is 10.8 Å². The number of carbonyl (C=O) groups is 2. The van der Waals surface area contributed by atoms with Crippen molar-refractivity contribution in [2.24, 2.45) is 5.92 Å². The molecule has 0 aromatic heterocycles. The van der Waals surface area contributed by atoms with Crippen molar-refractivity contribution >= 4 is 32.7 Å². The predicted molar refractivity (Wildman–Crippen MR) is 98.2 cm³/mol. The molecule has 26 heavy (non-hydrogen) atoms. The first kappa shape index (κ1) is 19.9. The van der Waals surface area contributed by atoms with Gasteiger partial charge in [0.25, 0.3) is 0 Å². The van der Waals surface area contributed by atoms with Gasteiger partial charge in [-0.3, -0.25) is 9.59 Å². The third-order valence-electron chi connectivity index (χ3n) is 3.85. The molecule has 1 unspecified atom stereocenters. The number of fused-ring (bicyclic) bond motifs is 1. The molecule has 2 aromatic rings. The largest absolute Gasteiger partial charge is 0.481 e. The lowest BCUT2D eigenvalue weighted by Gasteiger charge is -2.11. The van der Waals surface area contributed by atoms with Gasteiger partial charge < -0.3 is 10.4 Å². The van der Waals surface area contributed by atoms with Crippen molar-refractivity contribution in [3.63, 3.8) is 0 Å². The molecule has 2 aromatic carbocycles. The number of rotatable bonds is 9. The van der Waals surface area contributed by atoms with E-state index in [9.17, 15) is 18.0 Å². The van der Waals surface area contributed by atoms with E-state index in [0.29, 0.717) is 0 Å². The third-order valence-corrected chi connectivity index (χ3v) is 5.30. The highest BCUT2D eigenvalue weighted by Gasteiger charge is 2.15. The van der Waals surface area contributed by atoms with Crippen LogP contribution in [0, 0.1) is 5.92 Å². The molecule has 7 nitrogen and oxygen atoms in total. The van der Waals surface area contributed by atoms with Gasteiger partial charge in [-0.1, -0.05) is 37.3 Å². The van der Waals surface area contributed by atoms with Gasteiger partial charge in [-0.05, 0) is 28.8 Å². The average Bonchev–Trinajstić information content (AvgIpc) is 2.59. The van der Waals surface area contributed by atoms with E-state index >= 15 is 0 Å². The highest BCUT2D eigenvalue weighted by Crippen LogP contribution is 2.18. The summed E-state index contributed by atoms with van der Waals surface area (Å²) in [5.41, 5.74) is 0. The second-order valence-electron chi connectivity index (χ2n) is 6.16. The average molecular weight is 378 g/mol. The van der Waals surface area contributed by atoms with Crippen molar-refractivity contribution in [1.82, 2.24) is 10.0 Å². The second-order valence-corrected chi connectivity index (χ2v) is 7.93. The molecular weight excluding hydrogens is 356 g/mol. The lowest BCUT2D eigenvalue weighted by molar-refractivity contribution is -0.138. The summed E-state index contributed by atoms with van der Waals surface area (Å²) in [5, 5.41) is 13.0. The van der Waals surface area contributed by atoms with E-state index in [1.807, 2.05) is 24.3 Å². The SMILES string of the molecule is CC(CNC(=O)CCNS(=O)(=O)c1ccc2ccccc2c1)CC(=O)O. The van der Waals surface area contributed by atoms with Crippen molar-refractivity contribution in [3.8, 4) is 0 Å². The Hall–Kier alpha value is -2.45. The van der Waals surface area contributed by atoms with Crippen LogP contribution in [0.5, 0.6) is 0 Å².